The van der Waals surface area contributed by atoms with Gasteiger partial charge < -0.3 is 14.2 Å². The number of aryl methyl sites for hydroxylation is 1. The van der Waals surface area contributed by atoms with E-state index in [1.807, 2.05) is 38.1 Å². The fourth-order valence-corrected chi connectivity index (χ4v) is 2.19. The molecule has 0 saturated heterocycles. The SMILES string of the molecule is C/C=C/C=Nc1cc(C)c(OC(=S)Oc2ccccc2)cc1O/C=C/C=O. The van der Waals surface area contributed by atoms with Crippen molar-refractivity contribution in [2.75, 3.05) is 0 Å². The number of aliphatic imine (C=N–C) groups is 1. The average molecular weight is 381 g/mol. The topological polar surface area (TPSA) is 57.1 Å². The van der Waals surface area contributed by atoms with Gasteiger partial charge in [-0.3, -0.25) is 9.79 Å². The molecule has 0 spiro atoms. The number of hydrogen-bond donors (Lipinski definition) is 0. The number of para-hydroxylation sites is 1. The van der Waals surface area contributed by atoms with Crippen LogP contribution in [0.15, 0.2) is 71.9 Å². The molecule has 6 heteroatoms. The summed E-state index contributed by atoms with van der Waals surface area (Å²) in [6, 6.07) is 12.6. The van der Waals surface area contributed by atoms with Gasteiger partial charge in [-0.2, -0.15) is 0 Å². The molecule has 0 heterocycles. The number of carbonyl (C=O) groups excluding carboxylic acids is 1. The van der Waals surface area contributed by atoms with Crippen molar-refractivity contribution in [3.63, 3.8) is 0 Å². The molecule has 0 bridgehead atoms. The van der Waals surface area contributed by atoms with Crippen LogP contribution in [0.2, 0.25) is 0 Å². The van der Waals surface area contributed by atoms with Crippen LogP contribution in [0, 0.1) is 6.92 Å². The summed E-state index contributed by atoms with van der Waals surface area (Å²) in [5.41, 5.74) is 1.39. The third-order valence-corrected chi connectivity index (χ3v) is 3.41. The predicted octanol–water partition coefficient (Wildman–Crippen LogP) is 5.11. The van der Waals surface area contributed by atoms with Gasteiger partial charge in [0.2, 0.25) is 0 Å². The fourth-order valence-electron chi connectivity index (χ4n) is 2.01. The van der Waals surface area contributed by atoms with E-state index >= 15 is 0 Å². The molecule has 0 saturated carbocycles. The van der Waals surface area contributed by atoms with Gasteiger partial charge in [0.15, 0.2) is 5.75 Å². The molecule has 0 amide bonds. The molecule has 0 aromatic heterocycles. The van der Waals surface area contributed by atoms with E-state index in [0.29, 0.717) is 29.2 Å². The number of carbonyl (C=O) groups is 1. The van der Waals surface area contributed by atoms with Crippen LogP contribution in [-0.4, -0.2) is 17.7 Å². The molecular formula is C21H19NO4S. The molecule has 0 unspecified atom stereocenters. The van der Waals surface area contributed by atoms with Gasteiger partial charge >= 0.3 is 5.24 Å². The summed E-state index contributed by atoms with van der Waals surface area (Å²) in [6.45, 7) is 3.76. The molecule has 138 valence electrons. The Hall–Kier alpha value is -3.25. The first-order chi connectivity index (χ1) is 13.1. The largest absolute Gasteiger partial charge is 0.462 e. The minimum atomic E-state index is -0.0381. The lowest BCUT2D eigenvalue weighted by Gasteiger charge is -2.13. The van der Waals surface area contributed by atoms with Crippen molar-refractivity contribution in [3.8, 4) is 17.2 Å². The minimum Gasteiger partial charge on any atom is -0.462 e. The molecule has 27 heavy (non-hydrogen) atoms. The lowest BCUT2D eigenvalue weighted by atomic mass is 10.2. The summed E-state index contributed by atoms with van der Waals surface area (Å²) in [6.07, 6.45) is 8.44. The summed E-state index contributed by atoms with van der Waals surface area (Å²) in [7, 11) is 0. The molecule has 2 aromatic rings. The average Bonchev–Trinajstić information content (AvgIpc) is 2.66. The van der Waals surface area contributed by atoms with E-state index in [2.05, 4.69) is 4.99 Å². The van der Waals surface area contributed by atoms with E-state index in [1.54, 1.807) is 36.6 Å². The second kappa shape index (κ2) is 10.7. The zero-order valence-corrected chi connectivity index (χ0v) is 15.8. The molecule has 0 fully saturated rings. The molecule has 0 radical (unpaired) electrons. The van der Waals surface area contributed by atoms with Crippen LogP contribution in [0.1, 0.15) is 12.5 Å². The van der Waals surface area contributed by atoms with E-state index in [0.717, 1.165) is 5.56 Å². The van der Waals surface area contributed by atoms with Gasteiger partial charge in [-0.05, 0) is 43.7 Å². The van der Waals surface area contributed by atoms with Crippen LogP contribution in [0.5, 0.6) is 17.2 Å². The number of rotatable bonds is 7. The minimum absolute atomic E-state index is 0.0381. The number of ether oxygens (including phenoxy) is 3. The molecule has 2 rings (SSSR count). The van der Waals surface area contributed by atoms with Crippen molar-refractivity contribution >= 4 is 35.6 Å². The van der Waals surface area contributed by atoms with Crippen molar-refractivity contribution < 1.29 is 19.0 Å². The van der Waals surface area contributed by atoms with E-state index in [9.17, 15) is 4.79 Å². The third-order valence-electron chi connectivity index (χ3n) is 3.24. The monoisotopic (exact) mass is 381 g/mol. The van der Waals surface area contributed by atoms with Crippen LogP contribution in [0.25, 0.3) is 0 Å². The van der Waals surface area contributed by atoms with Crippen LogP contribution in [0.3, 0.4) is 0 Å². The van der Waals surface area contributed by atoms with Crippen molar-refractivity contribution in [1.82, 2.24) is 0 Å². The lowest BCUT2D eigenvalue weighted by molar-refractivity contribution is -0.104. The maximum Gasteiger partial charge on any atom is 0.363 e. The maximum absolute atomic E-state index is 10.5. The van der Waals surface area contributed by atoms with Gasteiger partial charge in [0.1, 0.15) is 23.5 Å². The Morgan fingerprint density at radius 1 is 1.07 bits per heavy atom. The van der Waals surface area contributed by atoms with Gasteiger partial charge in [0.05, 0.1) is 6.26 Å². The molecule has 2 aromatic carbocycles. The van der Waals surface area contributed by atoms with Gasteiger partial charge in [-0.15, -0.1) is 0 Å². The summed E-state index contributed by atoms with van der Waals surface area (Å²) in [5.74, 6) is 1.46. The Kier molecular flexibility index (Phi) is 7.93. The quantitative estimate of drug-likeness (QED) is 0.219. The van der Waals surface area contributed by atoms with Gasteiger partial charge in [-0.25, -0.2) is 0 Å². The summed E-state index contributed by atoms with van der Waals surface area (Å²) >= 11 is 5.16. The molecule has 0 aliphatic carbocycles. The highest BCUT2D eigenvalue weighted by atomic mass is 32.1. The number of thiocarbonyl (C=S) groups is 1. The predicted molar refractivity (Wildman–Crippen MR) is 110 cm³/mol. The molecular weight excluding hydrogens is 362 g/mol. The van der Waals surface area contributed by atoms with Crippen LogP contribution < -0.4 is 14.2 Å². The van der Waals surface area contributed by atoms with Crippen LogP contribution in [-0.2, 0) is 4.79 Å². The van der Waals surface area contributed by atoms with Crippen molar-refractivity contribution in [2.24, 2.45) is 4.99 Å². The molecule has 0 aliphatic heterocycles. The van der Waals surface area contributed by atoms with Crippen molar-refractivity contribution in [2.45, 2.75) is 13.8 Å². The zero-order valence-electron chi connectivity index (χ0n) is 15.0. The van der Waals surface area contributed by atoms with Gasteiger partial charge in [0, 0.05) is 30.6 Å². The first kappa shape index (κ1) is 20.1. The summed E-state index contributed by atoms with van der Waals surface area (Å²) in [4.78, 5) is 14.8. The molecule has 5 nitrogen and oxygen atoms in total. The standard InChI is InChI=1S/C21H19NO4S/c1-3-4-11-22-18-14-16(2)19(15-20(18)24-13-8-12-23)26-21(27)25-17-9-6-5-7-10-17/h3-15H,1-2H3/b4-3+,13-8+,22-11?. The fraction of sp³-hybridized carbons (Fsp3) is 0.0952. The van der Waals surface area contributed by atoms with Gasteiger partial charge in [0.25, 0.3) is 0 Å². The number of benzene rings is 2. The zero-order chi connectivity index (χ0) is 19.5. The maximum atomic E-state index is 10.5. The molecule has 0 atom stereocenters. The first-order valence-corrected chi connectivity index (χ1v) is 8.56. The van der Waals surface area contributed by atoms with E-state index in [1.165, 1.54) is 12.3 Å². The summed E-state index contributed by atoms with van der Waals surface area (Å²) < 4.78 is 16.6. The summed E-state index contributed by atoms with van der Waals surface area (Å²) in [5, 5.41) is -0.0381. The van der Waals surface area contributed by atoms with Crippen LogP contribution >= 0.6 is 12.2 Å². The van der Waals surface area contributed by atoms with Crippen molar-refractivity contribution in [1.29, 1.82) is 0 Å². The molecule has 0 N–H and O–H groups in total. The number of hydrogen-bond acceptors (Lipinski definition) is 6. The third kappa shape index (κ3) is 6.52. The number of nitrogens with zero attached hydrogens (tertiary/aromatic N) is 1. The smallest absolute Gasteiger partial charge is 0.363 e. The number of allylic oxidation sites excluding steroid dienone is 3. The first-order valence-electron chi connectivity index (χ1n) is 8.15. The van der Waals surface area contributed by atoms with Crippen LogP contribution in [0.4, 0.5) is 5.69 Å². The molecule has 0 aliphatic rings. The number of aldehydes is 1. The van der Waals surface area contributed by atoms with Crippen molar-refractivity contribution in [3.05, 3.63) is 72.5 Å². The highest BCUT2D eigenvalue weighted by Gasteiger charge is 2.12. The highest BCUT2D eigenvalue weighted by molar-refractivity contribution is 7.79. The van der Waals surface area contributed by atoms with E-state index < -0.39 is 0 Å². The van der Waals surface area contributed by atoms with E-state index in [4.69, 9.17) is 26.4 Å². The normalized spacial score (nSPS) is 11.2. The Labute approximate surface area is 163 Å². The van der Waals surface area contributed by atoms with E-state index in [-0.39, 0.29) is 5.24 Å². The Morgan fingerprint density at radius 2 is 1.85 bits per heavy atom. The lowest BCUT2D eigenvalue weighted by Crippen LogP contribution is -2.14. The van der Waals surface area contributed by atoms with Gasteiger partial charge in [-0.1, -0.05) is 24.3 Å². The second-order valence-electron chi connectivity index (χ2n) is 5.24. The Balaban J connectivity index is 2.24. The Morgan fingerprint density at radius 3 is 2.56 bits per heavy atom. The Bertz CT molecular complexity index is 873. The second-order valence-corrected chi connectivity index (χ2v) is 5.57. The highest BCUT2D eigenvalue weighted by Crippen LogP contribution is 2.35.